The molecule has 2 aliphatic rings. The second kappa shape index (κ2) is 10.5. The lowest BCUT2D eigenvalue weighted by atomic mass is 9.79. The van der Waals surface area contributed by atoms with Gasteiger partial charge in [0, 0.05) is 37.8 Å². The molecule has 0 unspecified atom stereocenters. The first-order valence-electron chi connectivity index (χ1n) is 9.06. The van der Waals surface area contributed by atoms with E-state index in [0.29, 0.717) is 17.7 Å². The van der Waals surface area contributed by atoms with E-state index in [4.69, 9.17) is 0 Å². The Kier molecular flexibility index (Phi) is 9.43. The summed E-state index contributed by atoms with van der Waals surface area (Å²) in [4.78, 5) is 2.61. The maximum Gasteiger partial charge on any atom is 0.123 e. The normalized spacial score (nSPS) is 20.7. The Bertz CT molecular complexity index is 468. The number of benzene rings is 1. The van der Waals surface area contributed by atoms with E-state index < -0.39 is 0 Å². The Labute approximate surface area is 159 Å². The molecule has 1 aliphatic heterocycles. The van der Waals surface area contributed by atoms with Gasteiger partial charge in [-0.2, -0.15) is 0 Å². The van der Waals surface area contributed by atoms with Crippen molar-refractivity contribution < 1.29 is 5.11 Å². The van der Waals surface area contributed by atoms with Crippen LogP contribution in [0.2, 0.25) is 0 Å². The fraction of sp³-hybridized carbons (Fsp3) is 0.684. The molecule has 24 heavy (non-hydrogen) atoms. The maximum absolute atomic E-state index is 10.8. The van der Waals surface area contributed by atoms with Crippen LogP contribution in [0.5, 0.6) is 5.75 Å². The summed E-state index contributed by atoms with van der Waals surface area (Å²) in [6.07, 6.45) is 7.60. The van der Waals surface area contributed by atoms with Crippen molar-refractivity contribution in [2.24, 2.45) is 5.92 Å². The van der Waals surface area contributed by atoms with Crippen LogP contribution in [0.3, 0.4) is 0 Å². The number of aromatic hydroxyl groups is 1. The van der Waals surface area contributed by atoms with Crippen molar-refractivity contribution in [2.75, 3.05) is 26.2 Å². The van der Waals surface area contributed by atoms with Gasteiger partial charge in [0.2, 0.25) is 0 Å². The maximum atomic E-state index is 10.8. The SMILES string of the molecule is CCc1cccc([C@@H](C2CCCCC2)N2CCNCC2)c1O.Cl.Cl. The number of rotatable bonds is 4. The van der Waals surface area contributed by atoms with Gasteiger partial charge in [0.25, 0.3) is 0 Å². The number of phenolic OH excluding ortho intramolecular Hbond substituents is 1. The largest absolute Gasteiger partial charge is 0.507 e. The average molecular weight is 375 g/mol. The molecule has 3 rings (SSSR count). The molecule has 2 N–H and O–H groups in total. The number of aryl methyl sites for hydroxylation is 1. The van der Waals surface area contributed by atoms with Gasteiger partial charge in [-0.3, -0.25) is 4.90 Å². The zero-order valence-electron chi connectivity index (χ0n) is 14.7. The molecule has 0 aromatic heterocycles. The topological polar surface area (TPSA) is 35.5 Å². The van der Waals surface area contributed by atoms with E-state index in [1.54, 1.807) is 0 Å². The molecule has 1 saturated carbocycles. The lowest BCUT2D eigenvalue weighted by Crippen LogP contribution is -2.47. The van der Waals surface area contributed by atoms with E-state index in [-0.39, 0.29) is 24.8 Å². The van der Waals surface area contributed by atoms with E-state index in [9.17, 15) is 5.11 Å². The Morgan fingerprint density at radius 2 is 1.79 bits per heavy atom. The highest BCUT2D eigenvalue weighted by Crippen LogP contribution is 2.42. The van der Waals surface area contributed by atoms with Gasteiger partial charge >= 0.3 is 0 Å². The quantitative estimate of drug-likeness (QED) is 0.823. The number of nitrogens with zero attached hydrogens (tertiary/aromatic N) is 1. The highest BCUT2D eigenvalue weighted by molar-refractivity contribution is 5.85. The highest BCUT2D eigenvalue weighted by Gasteiger charge is 2.32. The minimum absolute atomic E-state index is 0. The van der Waals surface area contributed by atoms with Gasteiger partial charge in [0.15, 0.2) is 0 Å². The van der Waals surface area contributed by atoms with Crippen molar-refractivity contribution in [3.63, 3.8) is 0 Å². The molecule has 138 valence electrons. The third-order valence-corrected chi connectivity index (χ3v) is 5.49. The van der Waals surface area contributed by atoms with Crippen LogP contribution in [-0.4, -0.2) is 36.2 Å². The summed E-state index contributed by atoms with van der Waals surface area (Å²) in [6.45, 7) is 6.45. The Hall–Kier alpha value is -0.480. The summed E-state index contributed by atoms with van der Waals surface area (Å²) in [6, 6.07) is 6.75. The summed E-state index contributed by atoms with van der Waals surface area (Å²) >= 11 is 0. The van der Waals surface area contributed by atoms with E-state index in [1.807, 2.05) is 0 Å². The molecule has 1 aromatic rings. The van der Waals surface area contributed by atoms with Crippen molar-refractivity contribution in [1.82, 2.24) is 10.2 Å². The molecule has 1 heterocycles. The number of phenols is 1. The van der Waals surface area contributed by atoms with Crippen molar-refractivity contribution >= 4 is 24.8 Å². The van der Waals surface area contributed by atoms with E-state index in [1.165, 1.54) is 37.7 Å². The van der Waals surface area contributed by atoms with Crippen molar-refractivity contribution in [1.29, 1.82) is 0 Å². The monoisotopic (exact) mass is 374 g/mol. The van der Waals surface area contributed by atoms with Crippen LogP contribution >= 0.6 is 24.8 Å². The number of hydrogen-bond acceptors (Lipinski definition) is 3. The zero-order chi connectivity index (χ0) is 15.4. The molecule has 5 heteroatoms. The predicted molar refractivity (Wildman–Crippen MR) is 106 cm³/mol. The lowest BCUT2D eigenvalue weighted by Gasteiger charge is -2.41. The first-order chi connectivity index (χ1) is 10.8. The third kappa shape index (κ3) is 4.78. The molecule has 2 fully saturated rings. The van der Waals surface area contributed by atoms with Gasteiger partial charge in [0.1, 0.15) is 5.75 Å². The number of halogens is 2. The van der Waals surface area contributed by atoms with Gasteiger partial charge in [-0.15, -0.1) is 24.8 Å². The van der Waals surface area contributed by atoms with Crippen LogP contribution in [0, 0.1) is 5.92 Å². The summed E-state index contributed by atoms with van der Waals surface area (Å²) < 4.78 is 0. The van der Waals surface area contributed by atoms with Crippen molar-refractivity contribution in [3.8, 4) is 5.75 Å². The van der Waals surface area contributed by atoms with Crippen molar-refractivity contribution in [3.05, 3.63) is 29.3 Å². The first-order valence-corrected chi connectivity index (χ1v) is 9.06. The standard InChI is InChI=1S/C19H30N2O.2ClH/c1-2-15-9-6-10-17(19(15)22)18(16-7-4-3-5-8-16)21-13-11-20-12-14-21;;/h6,9-10,16,18,20,22H,2-5,7-8,11-14H2,1H3;2*1H/t18-;;/m1../s1. The van der Waals surface area contributed by atoms with Crippen LogP contribution in [0.15, 0.2) is 18.2 Å². The Balaban J connectivity index is 0.00000144. The summed E-state index contributed by atoms with van der Waals surface area (Å²) in [5, 5.41) is 14.2. The van der Waals surface area contributed by atoms with Crippen molar-refractivity contribution in [2.45, 2.75) is 51.5 Å². The van der Waals surface area contributed by atoms with E-state index in [2.05, 4.69) is 35.3 Å². The van der Waals surface area contributed by atoms with Gasteiger partial charge in [-0.05, 0) is 30.7 Å². The molecular formula is C19H32Cl2N2O. The zero-order valence-corrected chi connectivity index (χ0v) is 16.3. The summed E-state index contributed by atoms with van der Waals surface area (Å²) in [5.74, 6) is 1.25. The number of para-hydroxylation sites is 1. The van der Waals surface area contributed by atoms with Crippen LogP contribution in [0.25, 0.3) is 0 Å². The number of hydrogen-bond donors (Lipinski definition) is 2. The predicted octanol–water partition coefficient (Wildman–Crippen LogP) is 4.32. The number of piperazine rings is 1. The molecule has 1 saturated heterocycles. The van der Waals surface area contributed by atoms with E-state index >= 15 is 0 Å². The second-order valence-corrected chi connectivity index (χ2v) is 6.84. The van der Waals surface area contributed by atoms with Gasteiger partial charge in [0.05, 0.1) is 0 Å². The Morgan fingerprint density at radius 3 is 2.42 bits per heavy atom. The van der Waals surface area contributed by atoms with Crippen LogP contribution in [-0.2, 0) is 6.42 Å². The average Bonchev–Trinajstić information content (AvgIpc) is 2.59. The van der Waals surface area contributed by atoms with Gasteiger partial charge < -0.3 is 10.4 Å². The molecule has 0 radical (unpaired) electrons. The second-order valence-electron chi connectivity index (χ2n) is 6.84. The van der Waals surface area contributed by atoms with Gasteiger partial charge in [-0.25, -0.2) is 0 Å². The minimum Gasteiger partial charge on any atom is -0.507 e. The molecule has 0 amide bonds. The van der Waals surface area contributed by atoms with Crippen LogP contribution in [0.4, 0.5) is 0 Å². The minimum atomic E-state index is 0. The fourth-order valence-corrected chi connectivity index (χ4v) is 4.29. The van der Waals surface area contributed by atoms with Crippen LogP contribution in [0.1, 0.15) is 56.2 Å². The molecule has 0 bridgehead atoms. The highest BCUT2D eigenvalue weighted by atomic mass is 35.5. The molecule has 1 atom stereocenters. The fourth-order valence-electron chi connectivity index (χ4n) is 4.29. The smallest absolute Gasteiger partial charge is 0.123 e. The molecule has 0 spiro atoms. The third-order valence-electron chi connectivity index (χ3n) is 5.49. The molecule has 1 aliphatic carbocycles. The van der Waals surface area contributed by atoms with E-state index in [0.717, 1.165) is 38.2 Å². The summed E-state index contributed by atoms with van der Waals surface area (Å²) in [5.41, 5.74) is 2.27. The van der Waals surface area contributed by atoms with Gasteiger partial charge in [-0.1, -0.05) is 44.4 Å². The Morgan fingerprint density at radius 1 is 1.12 bits per heavy atom. The molecule has 1 aromatic carbocycles. The summed E-state index contributed by atoms with van der Waals surface area (Å²) in [7, 11) is 0. The molecule has 3 nitrogen and oxygen atoms in total. The van der Waals surface area contributed by atoms with Crippen LogP contribution < -0.4 is 5.32 Å². The lowest BCUT2D eigenvalue weighted by molar-refractivity contribution is 0.101. The number of nitrogens with one attached hydrogen (secondary N) is 1. The first kappa shape index (κ1) is 21.6. The molecular weight excluding hydrogens is 343 g/mol.